The second-order valence-corrected chi connectivity index (χ2v) is 9.81. The zero-order valence-electron chi connectivity index (χ0n) is 17.3. The largest absolute Gasteiger partial charge is 0.495 e. The number of ether oxygens (including phenoxy) is 2. The number of aromatic nitrogens is 1. The highest BCUT2D eigenvalue weighted by molar-refractivity contribution is 7.91. The Labute approximate surface area is 180 Å². The van der Waals surface area contributed by atoms with E-state index in [1.54, 1.807) is 56.4 Å². The summed E-state index contributed by atoms with van der Waals surface area (Å²) >= 11 is 0. The Hall–Kier alpha value is -3.10. The number of aliphatic hydroxyl groups is 1. The topological polar surface area (TPSA) is 94.8 Å². The van der Waals surface area contributed by atoms with Crippen molar-refractivity contribution < 1.29 is 23.0 Å². The van der Waals surface area contributed by atoms with Gasteiger partial charge in [-0.1, -0.05) is 18.2 Å². The molecule has 1 N–H and O–H groups in total. The number of hydrogen-bond acceptors (Lipinski definition) is 6. The van der Waals surface area contributed by atoms with Crippen molar-refractivity contribution in [3.63, 3.8) is 0 Å². The molecule has 4 rings (SSSR count). The van der Waals surface area contributed by atoms with E-state index in [1.807, 2.05) is 0 Å². The average molecular weight is 442 g/mol. The lowest BCUT2D eigenvalue weighted by molar-refractivity contribution is -0.0643. The van der Waals surface area contributed by atoms with E-state index >= 15 is 0 Å². The molecule has 2 aromatic carbocycles. The SMILES string of the molecule is COc1ccccc1S(=O)(=O)c1ccc2c(c1)[C@@H](n1ccccc1=O)[C@H](O)C(C)(C)O2. The summed E-state index contributed by atoms with van der Waals surface area (Å²) in [6.45, 7) is 3.45. The van der Waals surface area contributed by atoms with Crippen LogP contribution in [0.2, 0.25) is 0 Å². The Kier molecular flexibility index (Phi) is 5.15. The van der Waals surface area contributed by atoms with Gasteiger partial charge in [-0.2, -0.15) is 0 Å². The lowest BCUT2D eigenvalue weighted by Crippen LogP contribution is -2.52. The van der Waals surface area contributed by atoms with Gasteiger partial charge in [0.1, 0.15) is 28.1 Å². The van der Waals surface area contributed by atoms with Crippen molar-refractivity contribution in [1.82, 2.24) is 4.57 Å². The average Bonchev–Trinajstić information content (AvgIpc) is 2.75. The summed E-state index contributed by atoms with van der Waals surface area (Å²) in [5, 5.41) is 11.1. The van der Waals surface area contributed by atoms with Crippen molar-refractivity contribution in [1.29, 1.82) is 0 Å². The van der Waals surface area contributed by atoms with Crippen molar-refractivity contribution in [2.75, 3.05) is 7.11 Å². The minimum atomic E-state index is -3.93. The number of nitrogens with zero attached hydrogens (tertiary/aromatic N) is 1. The summed E-state index contributed by atoms with van der Waals surface area (Å²) in [5.41, 5.74) is -0.889. The second kappa shape index (κ2) is 7.55. The van der Waals surface area contributed by atoms with E-state index in [1.165, 1.54) is 35.9 Å². The van der Waals surface area contributed by atoms with Crippen LogP contribution in [-0.2, 0) is 9.84 Å². The molecule has 1 aliphatic rings. The van der Waals surface area contributed by atoms with Gasteiger partial charge in [0.25, 0.3) is 5.56 Å². The molecule has 0 bridgehead atoms. The van der Waals surface area contributed by atoms with Crippen LogP contribution in [-0.4, -0.2) is 36.9 Å². The van der Waals surface area contributed by atoms with Crippen LogP contribution in [0.5, 0.6) is 11.5 Å². The fourth-order valence-corrected chi connectivity index (χ4v) is 5.31. The molecule has 8 heteroatoms. The molecule has 2 atom stereocenters. The van der Waals surface area contributed by atoms with Gasteiger partial charge in [0, 0.05) is 17.8 Å². The molecule has 1 aromatic heterocycles. The van der Waals surface area contributed by atoms with Crippen LogP contribution in [0.1, 0.15) is 25.5 Å². The first-order valence-electron chi connectivity index (χ1n) is 9.73. The van der Waals surface area contributed by atoms with Crippen molar-refractivity contribution >= 4 is 9.84 Å². The van der Waals surface area contributed by atoms with Crippen LogP contribution in [0.3, 0.4) is 0 Å². The highest BCUT2D eigenvalue weighted by Crippen LogP contribution is 2.43. The molecule has 0 fully saturated rings. The van der Waals surface area contributed by atoms with Crippen LogP contribution in [0.15, 0.2) is 81.4 Å². The van der Waals surface area contributed by atoms with Crippen molar-refractivity contribution in [2.45, 2.75) is 41.4 Å². The predicted octanol–water partition coefficient (Wildman–Crippen LogP) is 2.81. The maximum absolute atomic E-state index is 13.4. The molecule has 0 spiro atoms. The van der Waals surface area contributed by atoms with Gasteiger partial charge < -0.3 is 19.1 Å². The van der Waals surface area contributed by atoms with Gasteiger partial charge in [-0.05, 0) is 50.2 Å². The van der Waals surface area contributed by atoms with Crippen molar-refractivity contribution in [3.8, 4) is 11.5 Å². The number of aliphatic hydroxyl groups excluding tert-OH is 1. The van der Waals surface area contributed by atoms with E-state index in [9.17, 15) is 18.3 Å². The number of pyridine rings is 1. The van der Waals surface area contributed by atoms with Gasteiger partial charge in [0.2, 0.25) is 9.84 Å². The van der Waals surface area contributed by atoms with Gasteiger partial charge in [0.05, 0.1) is 18.0 Å². The van der Waals surface area contributed by atoms with Crippen LogP contribution in [0.4, 0.5) is 0 Å². The van der Waals surface area contributed by atoms with Gasteiger partial charge in [-0.15, -0.1) is 0 Å². The van der Waals surface area contributed by atoms with Crippen molar-refractivity contribution in [2.24, 2.45) is 0 Å². The van der Waals surface area contributed by atoms with Gasteiger partial charge in [0.15, 0.2) is 0 Å². The molecular formula is C23H23NO6S. The van der Waals surface area contributed by atoms with E-state index in [2.05, 4.69) is 0 Å². The molecule has 3 aromatic rings. The molecular weight excluding hydrogens is 418 g/mol. The van der Waals surface area contributed by atoms with Crippen LogP contribution < -0.4 is 15.0 Å². The number of hydrogen-bond donors (Lipinski definition) is 1. The Morgan fingerprint density at radius 3 is 2.48 bits per heavy atom. The van der Waals surface area contributed by atoms with E-state index in [0.717, 1.165) is 0 Å². The first-order valence-corrected chi connectivity index (χ1v) is 11.2. The van der Waals surface area contributed by atoms with Gasteiger partial charge in [-0.3, -0.25) is 4.79 Å². The van der Waals surface area contributed by atoms with Gasteiger partial charge in [-0.25, -0.2) is 8.42 Å². The van der Waals surface area contributed by atoms with E-state index in [-0.39, 0.29) is 21.1 Å². The highest BCUT2D eigenvalue weighted by Gasteiger charge is 2.44. The normalized spacial score (nSPS) is 19.9. The van der Waals surface area contributed by atoms with E-state index in [4.69, 9.17) is 9.47 Å². The highest BCUT2D eigenvalue weighted by atomic mass is 32.2. The lowest BCUT2D eigenvalue weighted by atomic mass is 9.86. The smallest absolute Gasteiger partial charge is 0.251 e. The van der Waals surface area contributed by atoms with Gasteiger partial charge >= 0.3 is 0 Å². The number of para-hydroxylation sites is 1. The molecule has 7 nitrogen and oxygen atoms in total. The number of benzene rings is 2. The zero-order chi connectivity index (χ0) is 22.4. The monoisotopic (exact) mass is 441 g/mol. The molecule has 0 saturated carbocycles. The van der Waals surface area contributed by atoms with Crippen LogP contribution in [0, 0.1) is 0 Å². The quantitative estimate of drug-likeness (QED) is 0.669. The maximum Gasteiger partial charge on any atom is 0.251 e. The summed E-state index contributed by atoms with van der Waals surface area (Å²) in [5.74, 6) is 0.642. The number of methoxy groups -OCH3 is 1. The Bertz CT molecular complexity index is 1300. The summed E-state index contributed by atoms with van der Waals surface area (Å²) in [7, 11) is -2.52. The molecule has 0 aliphatic carbocycles. The minimum Gasteiger partial charge on any atom is -0.495 e. The van der Waals surface area contributed by atoms with Crippen LogP contribution in [0.25, 0.3) is 0 Å². The number of fused-ring (bicyclic) bond motifs is 1. The number of sulfone groups is 1. The van der Waals surface area contributed by atoms with Crippen LogP contribution >= 0.6 is 0 Å². The molecule has 0 saturated heterocycles. The Morgan fingerprint density at radius 1 is 1.06 bits per heavy atom. The minimum absolute atomic E-state index is 0.0141. The first-order chi connectivity index (χ1) is 14.7. The summed E-state index contributed by atoms with van der Waals surface area (Å²) in [4.78, 5) is 12.6. The fourth-order valence-electron chi connectivity index (χ4n) is 3.85. The Balaban J connectivity index is 1.93. The molecule has 162 valence electrons. The molecule has 31 heavy (non-hydrogen) atoms. The number of rotatable bonds is 4. The van der Waals surface area contributed by atoms with Crippen molar-refractivity contribution in [3.05, 3.63) is 82.8 Å². The molecule has 0 radical (unpaired) electrons. The second-order valence-electron chi connectivity index (χ2n) is 7.90. The molecule has 2 heterocycles. The lowest BCUT2D eigenvalue weighted by Gasteiger charge is -2.42. The molecule has 0 amide bonds. The third kappa shape index (κ3) is 3.51. The van der Waals surface area contributed by atoms with E-state index < -0.39 is 27.6 Å². The zero-order valence-corrected chi connectivity index (χ0v) is 18.2. The maximum atomic E-state index is 13.4. The third-order valence-corrected chi connectivity index (χ3v) is 7.29. The first kappa shape index (κ1) is 21.1. The molecule has 0 unspecified atom stereocenters. The summed E-state index contributed by atoms with van der Waals surface area (Å²) in [6.07, 6.45) is 0.479. The standard InChI is InChI=1S/C23H23NO6S/c1-23(2)22(26)21(24-13-7-6-10-20(24)25)16-14-15(11-12-17(16)30-23)31(27,28)19-9-5-4-8-18(19)29-3/h4-14,21-22,26H,1-3H3/t21-,22+/m1/s1. The summed E-state index contributed by atoms with van der Waals surface area (Å²) in [6, 6.07) is 14.7. The summed E-state index contributed by atoms with van der Waals surface area (Å²) < 4.78 is 39.3. The fraction of sp³-hybridized carbons (Fsp3) is 0.261. The Morgan fingerprint density at radius 2 is 1.77 bits per heavy atom. The molecule has 1 aliphatic heterocycles. The third-order valence-electron chi connectivity index (χ3n) is 5.50. The predicted molar refractivity (Wildman–Crippen MR) is 114 cm³/mol. The van der Waals surface area contributed by atoms with E-state index in [0.29, 0.717) is 11.3 Å².